The van der Waals surface area contributed by atoms with Crippen LogP contribution in [0.3, 0.4) is 0 Å². The summed E-state index contributed by atoms with van der Waals surface area (Å²) in [7, 11) is 0. The first-order chi connectivity index (χ1) is 12.6. The molecule has 1 atom stereocenters. The number of thioether (sulfide) groups is 1. The number of aromatic nitrogens is 3. The number of para-hydroxylation sites is 1. The molecular weight excluding hydrogens is 370 g/mol. The van der Waals surface area contributed by atoms with E-state index in [2.05, 4.69) is 25.8 Å². The zero-order valence-electron chi connectivity index (χ0n) is 13.9. The van der Waals surface area contributed by atoms with Crippen molar-refractivity contribution in [3.05, 3.63) is 58.5 Å². The van der Waals surface area contributed by atoms with Crippen LogP contribution in [0.25, 0.3) is 0 Å². The Labute approximate surface area is 158 Å². The third-order valence-electron chi connectivity index (χ3n) is 3.35. The molecule has 0 bridgehead atoms. The van der Waals surface area contributed by atoms with Crippen molar-refractivity contribution in [2.24, 2.45) is 0 Å². The van der Waals surface area contributed by atoms with E-state index in [1.165, 1.54) is 16.6 Å². The summed E-state index contributed by atoms with van der Waals surface area (Å²) in [6, 6.07) is 12.4. The number of aromatic amines is 1. The van der Waals surface area contributed by atoms with Gasteiger partial charge in [-0.3, -0.25) is 15.2 Å². The Balaban J connectivity index is 1.49. The Morgan fingerprint density at radius 3 is 2.77 bits per heavy atom. The molecule has 0 saturated heterocycles. The highest BCUT2D eigenvalue weighted by molar-refractivity contribution is 8.00. The second kappa shape index (κ2) is 8.63. The Kier molecular flexibility index (Phi) is 6.03. The van der Waals surface area contributed by atoms with Crippen molar-refractivity contribution in [2.45, 2.75) is 23.8 Å². The minimum Gasteiger partial charge on any atom is -0.308 e. The quantitative estimate of drug-likeness (QED) is 0.564. The summed E-state index contributed by atoms with van der Waals surface area (Å²) in [5.41, 5.74) is 0.616. The van der Waals surface area contributed by atoms with Crippen molar-refractivity contribution in [3.8, 4) is 0 Å². The molecule has 0 aliphatic heterocycles. The van der Waals surface area contributed by atoms with Gasteiger partial charge < -0.3 is 5.32 Å². The lowest BCUT2D eigenvalue weighted by Crippen LogP contribution is -2.38. The van der Waals surface area contributed by atoms with Crippen LogP contribution in [-0.4, -0.2) is 32.4 Å². The number of nitrogens with one attached hydrogen (secondary N) is 3. The Morgan fingerprint density at radius 2 is 2.04 bits per heavy atom. The van der Waals surface area contributed by atoms with Crippen LogP contribution in [0.5, 0.6) is 0 Å². The van der Waals surface area contributed by atoms with E-state index in [0.29, 0.717) is 17.3 Å². The number of amides is 3. The third kappa shape index (κ3) is 5.17. The molecule has 0 aliphatic rings. The highest BCUT2D eigenvalue weighted by atomic mass is 32.2. The maximum atomic E-state index is 12.2. The van der Waals surface area contributed by atoms with Crippen LogP contribution in [0.4, 0.5) is 10.5 Å². The summed E-state index contributed by atoms with van der Waals surface area (Å²) >= 11 is 2.84. The van der Waals surface area contributed by atoms with Crippen molar-refractivity contribution in [1.29, 1.82) is 0 Å². The average Bonchev–Trinajstić information content (AvgIpc) is 3.28. The molecule has 0 saturated carbocycles. The zero-order valence-corrected chi connectivity index (χ0v) is 15.6. The monoisotopic (exact) mass is 387 g/mol. The Bertz CT molecular complexity index is 864. The lowest BCUT2D eigenvalue weighted by Gasteiger charge is -2.10. The molecule has 3 aromatic rings. The molecule has 134 valence electrons. The van der Waals surface area contributed by atoms with E-state index in [1.54, 1.807) is 42.5 Å². The molecule has 0 spiro atoms. The highest BCUT2D eigenvalue weighted by Gasteiger charge is 2.19. The van der Waals surface area contributed by atoms with Crippen molar-refractivity contribution < 1.29 is 9.59 Å². The molecule has 26 heavy (non-hydrogen) atoms. The summed E-state index contributed by atoms with van der Waals surface area (Å²) < 4.78 is 0. The topological polar surface area (TPSA) is 99.8 Å². The third-order valence-corrected chi connectivity index (χ3v) is 5.19. The summed E-state index contributed by atoms with van der Waals surface area (Å²) in [6.45, 7) is 1.70. The number of nitrogens with zero attached hydrogens (tertiary/aromatic N) is 2. The first-order valence-electron chi connectivity index (χ1n) is 7.87. The van der Waals surface area contributed by atoms with Crippen LogP contribution in [0.2, 0.25) is 0 Å². The van der Waals surface area contributed by atoms with Crippen LogP contribution >= 0.6 is 23.1 Å². The predicted octanol–water partition coefficient (Wildman–Crippen LogP) is 3.29. The van der Waals surface area contributed by atoms with Gasteiger partial charge in [0.2, 0.25) is 11.1 Å². The number of thiophene rings is 1. The molecule has 3 amide bonds. The number of rotatable bonds is 6. The molecule has 0 fully saturated rings. The average molecular weight is 387 g/mol. The first kappa shape index (κ1) is 18.2. The minimum absolute atomic E-state index is 0.409. The minimum atomic E-state index is -0.568. The molecule has 1 aromatic carbocycles. The van der Waals surface area contributed by atoms with E-state index in [-0.39, 0.29) is 0 Å². The molecule has 9 heteroatoms. The lowest BCUT2D eigenvalue weighted by molar-refractivity contribution is -0.119. The smallest absolute Gasteiger partial charge is 0.308 e. The van der Waals surface area contributed by atoms with E-state index >= 15 is 0 Å². The number of anilines is 1. The van der Waals surface area contributed by atoms with Gasteiger partial charge in [-0.15, -0.1) is 16.4 Å². The molecule has 0 aliphatic carbocycles. The number of H-pyrrole nitrogens is 1. The fourth-order valence-corrected chi connectivity index (χ4v) is 3.55. The van der Waals surface area contributed by atoms with Gasteiger partial charge >= 0.3 is 6.03 Å². The normalized spacial score (nSPS) is 11.7. The number of carbonyl (C=O) groups excluding carboxylic acids is 2. The number of hydrogen-bond acceptors (Lipinski definition) is 6. The molecule has 0 radical (unpaired) electrons. The van der Waals surface area contributed by atoms with Crippen LogP contribution in [0, 0.1) is 0 Å². The molecule has 7 nitrogen and oxygen atoms in total. The first-order valence-corrected chi connectivity index (χ1v) is 9.63. The lowest BCUT2D eigenvalue weighted by atomic mass is 10.3. The molecule has 3 rings (SSSR count). The SMILES string of the molecule is CC(Sc1n[nH]c(Cc2cccs2)n1)C(=O)NC(=O)Nc1ccccc1. The summed E-state index contributed by atoms with van der Waals surface area (Å²) in [6.07, 6.45) is 0.672. The summed E-state index contributed by atoms with van der Waals surface area (Å²) in [5.74, 6) is 0.331. The molecular formula is C17H17N5O2S2. The summed E-state index contributed by atoms with van der Waals surface area (Å²) in [5, 5.41) is 13.9. The van der Waals surface area contributed by atoms with Gasteiger partial charge in [0.05, 0.1) is 5.25 Å². The van der Waals surface area contributed by atoms with Crippen LogP contribution in [-0.2, 0) is 11.2 Å². The fraction of sp³-hybridized carbons (Fsp3) is 0.176. The fourth-order valence-electron chi connectivity index (χ4n) is 2.10. The van der Waals surface area contributed by atoms with Gasteiger partial charge in [0.1, 0.15) is 5.82 Å². The van der Waals surface area contributed by atoms with E-state index in [9.17, 15) is 9.59 Å². The van der Waals surface area contributed by atoms with Gasteiger partial charge in [0.15, 0.2) is 0 Å². The molecule has 2 aromatic heterocycles. The zero-order chi connectivity index (χ0) is 18.4. The van der Waals surface area contributed by atoms with E-state index in [0.717, 1.165) is 5.82 Å². The van der Waals surface area contributed by atoms with E-state index < -0.39 is 17.2 Å². The van der Waals surface area contributed by atoms with Gasteiger partial charge in [-0.1, -0.05) is 36.0 Å². The van der Waals surface area contributed by atoms with Crippen molar-refractivity contribution in [1.82, 2.24) is 20.5 Å². The van der Waals surface area contributed by atoms with E-state index in [4.69, 9.17) is 0 Å². The van der Waals surface area contributed by atoms with Crippen molar-refractivity contribution >= 4 is 40.7 Å². The van der Waals surface area contributed by atoms with Gasteiger partial charge in [-0.25, -0.2) is 9.78 Å². The number of hydrogen-bond donors (Lipinski definition) is 3. The number of urea groups is 1. The Morgan fingerprint density at radius 1 is 1.23 bits per heavy atom. The maximum Gasteiger partial charge on any atom is 0.325 e. The standard InChI is InChI=1S/C17H17N5O2S2/c1-11(15(23)20-16(24)18-12-6-3-2-4-7-12)26-17-19-14(21-22-17)10-13-8-5-9-25-13/h2-9,11H,10H2,1H3,(H,19,21,22)(H2,18,20,23,24). The van der Waals surface area contributed by atoms with Crippen molar-refractivity contribution in [3.63, 3.8) is 0 Å². The van der Waals surface area contributed by atoms with Crippen molar-refractivity contribution in [2.75, 3.05) is 5.32 Å². The van der Waals surface area contributed by atoms with Crippen LogP contribution in [0.1, 0.15) is 17.6 Å². The highest BCUT2D eigenvalue weighted by Crippen LogP contribution is 2.20. The van der Waals surface area contributed by atoms with Gasteiger partial charge in [0.25, 0.3) is 0 Å². The number of benzene rings is 1. The number of imide groups is 1. The Hall–Kier alpha value is -2.65. The molecule has 2 heterocycles. The maximum absolute atomic E-state index is 12.2. The van der Waals surface area contributed by atoms with Crippen LogP contribution < -0.4 is 10.6 Å². The summed E-state index contributed by atoms with van der Waals surface area (Å²) in [4.78, 5) is 29.6. The molecule has 1 unspecified atom stereocenters. The second-order valence-corrected chi connectivity index (χ2v) is 7.73. The largest absolute Gasteiger partial charge is 0.325 e. The predicted molar refractivity (Wildman–Crippen MR) is 102 cm³/mol. The van der Waals surface area contributed by atoms with Gasteiger partial charge in [-0.05, 0) is 30.5 Å². The van der Waals surface area contributed by atoms with E-state index in [1.807, 2.05) is 23.6 Å². The second-order valence-electron chi connectivity index (χ2n) is 5.39. The van der Waals surface area contributed by atoms with Gasteiger partial charge in [-0.2, -0.15) is 0 Å². The number of carbonyl (C=O) groups is 2. The van der Waals surface area contributed by atoms with Crippen LogP contribution in [0.15, 0.2) is 53.0 Å². The van der Waals surface area contributed by atoms with Gasteiger partial charge in [0, 0.05) is 17.0 Å². The molecule has 3 N–H and O–H groups in total.